The molecule has 1 aliphatic rings. The highest BCUT2D eigenvalue weighted by atomic mass is 16.5. The van der Waals surface area contributed by atoms with Gasteiger partial charge in [0.15, 0.2) is 0 Å². The van der Waals surface area contributed by atoms with Crippen molar-refractivity contribution in [3.63, 3.8) is 0 Å². The third-order valence-corrected chi connectivity index (χ3v) is 4.10. The number of hydrogen-bond donors (Lipinski definition) is 0. The lowest BCUT2D eigenvalue weighted by atomic mass is 10.1. The van der Waals surface area contributed by atoms with Gasteiger partial charge < -0.3 is 14.4 Å². The summed E-state index contributed by atoms with van der Waals surface area (Å²) in [6.07, 6.45) is 1.15. The van der Waals surface area contributed by atoms with Crippen molar-refractivity contribution in [1.29, 1.82) is 0 Å². The molecular formula is C17H22N2O2. The van der Waals surface area contributed by atoms with E-state index in [4.69, 9.17) is 9.47 Å². The number of aromatic nitrogens is 1. The highest BCUT2D eigenvalue weighted by molar-refractivity contribution is 5.95. The Morgan fingerprint density at radius 1 is 1.43 bits per heavy atom. The van der Waals surface area contributed by atoms with E-state index in [9.17, 15) is 0 Å². The van der Waals surface area contributed by atoms with Crippen LogP contribution in [0, 0.1) is 12.8 Å². The summed E-state index contributed by atoms with van der Waals surface area (Å²) in [7, 11) is 3.84. The maximum Gasteiger partial charge on any atom is 0.145 e. The quantitative estimate of drug-likeness (QED) is 0.865. The average molecular weight is 286 g/mol. The summed E-state index contributed by atoms with van der Waals surface area (Å²) in [5.41, 5.74) is 3.16. The van der Waals surface area contributed by atoms with Gasteiger partial charge in [-0.1, -0.05) is 12.1 Å². The number of aryl methyl sites for hydroxylation is 1. The molecule has 4 nitrogen and oxygen atoms in total. The third kappa shape index (κ3) is 2.81. The number of para-hydroxylation sites is 1. The Balaban J connectivity index is 2.00. The monoisotopic (exact) mass is 286 g/mol. The fourth-order valence-corrected chi connectivity index (χ4v) is 3.02. The van der Waals surface area contributed by atoms with E-state index in [1.165, 1.54) is 5.69 Å². The highest BCUT2D eigenvalue weighted by Crippen LogP contribution is 2.32. The van der Waals surface area contributed by atoms with Crippen LogP contribution >= 0.6 is 0 Å². The highest BCUT2D eigenvalue weighted by Gasteiger charge is 2.19. The van der Waals surface area contributed by atoms with Crippen LogP contribution in [0.3, 0.4) is 0 Å². The molecule has 0 bridgehead atoms. The van der Waals surface area contributed by atoms with Crippen molar-refractivity contribution in [2.75, 3.05) is 38.8 Å². The number of anilines is 1. The largest absolute Gasteiger partial charge is 0.494 e. The molecule has 0 spiro atoms. The van der Waals surface area contributed by atoms with Crippen molar-refractivity contribution in [3.05, 3.63) is 30.0 Å². The fraction of sp³-hybridized carbons (Fsp3) is 0.471. The van der Waals surface area contributed by atoms with Crippen LogP contribution in [0.25, 0.3) is 10.9 Å². The number of hydrogen-bond acceptors (Lipinski definition) is 4. The third-order valence-electron chi connectivity index (χ3n) is 4.10. The van der Waals surface area contributed by atoms with Crippen molar-refractivity contribution in [2.24, 2.45) is 5.92 Å². The number of ether oxygens (including phenoxy) is 2. The zero-order chi connectivity index (χ0) is 14.8. The zero-order valence-corrected chi connectivity index (χ0v) is 12.9. The molecule has 3 rings (SSSR count). The summed E-state index contributed by atoms with van der Waals surface area (Å²) in [5, 5.41) is 1.14. The topological polar surface area (TPSA) is 34.6 Å². The van der Waals surface area contributed by atoms with Gasteiger partial charge in [-0.25, -0.2) is 4.98 Å². The molecule has 1 atom stereocenters. The summed E-state index contributed by atoms with van der Waals surface area (Å²) in [6.45, 7) is 4.80. The predicted molar refractivity (Wildman–Crippen MR) is 85.2 cm³/mol. The summed E-state index contributed by atoms with van der Waals surface area (Å²) in [6, 6.07) is 8.25. The van der Waals surface area contributed by atoms with Gasteiger partial charge in [-0.2, -0.15) is 0 Å². The zero-order valence-electron chi connectivity index (χ0n) is 12.9. The molecular weight excluding hydrogens is 264 g/mol. The van der Waals surface area contributed by atoms with Crippen LogP contribution in [0.4, 0.5) is 5.69 Å². The Bertz CT molecular complexity index is 636. The summed E-state index contributed by atoms with van der Waals surface area (Å²) >= 11 is 0. The SMILES string of the molecule is COc1cccc2c(N(C)CC3CCOC3)cc(C)nc12. The van der Waals surface area contributed by atoms with Gasteiger partial charge in [0, 0.05) is 42.9 Å². The molecule has 2 heterocycles. The van der Waals surface area contributed by atoms with E-state index in [1.807, 2.05) is 19.1 Å². The number of methoxy groups -OCH3 is 1. The first-order valence-electron chi connectivity index (χ1n) is 7.42. The van der Waals surface area contributed by atoms with Gasteiger partial charge in [0.05, 0.1) is 13.7 Å². The van der Waals surface area contributed by atoms with Gasteiger partial charge in [-0.15, -0.1) is 0 Å². The van der Waals surface area contributed by atoms with Crippen molar-refractivity contribution in [2.45, 2.75) is 13.3 Å². The van der Waals surface area contributed by atoms with E-state index < -0.39 is 0 Å². The minimum absolute atomic E-state index is 0.615. The summed E-state index contributed by atoms with van der Waals surface area (Å²) in [5.74, 6) is 1.44. The van der Waals surface area contributed by atoms with Crippen LogP contribution in [-0.2, 0) is 4.74 Å². The van der Waals surface area contributed by atoms with Crippen LogP contribution in [0.2, 0.25) is 0 Å². The molecule has 0 amide bonds. The molecule has 0 radical (unpaired) electrons. The number of fused-ring (bicyclic) bond motifs is 1. The number of benzene rings is 1. The summed E-state index contributed by atoms with van der Waals surface area (Å²) < 4.78 is 10.9. The van der Waals surface area contributed by atoms with Gasteiger partial charge >= 0.3 is 0 Å². The Labute approximate surface area is 125 Å². The molecule has 0 N–H and O–H groups in total. The van der Waals surface area contributed by atoms with Crippen LogP contribution in [0.5, 0.6) is 5.75 Å². The van der Waals surface area contributed by atoms with Crippen molar-refractivity contribution < 1.29 is 9.47 Å². The summed E-state index contributed by atoms with van der Waals surface area (Å²) in [4.78, 5) is 6.96. The van der Waals surface area contributed by atoms with E-state index in [1.54, 1.807) is 7.11 Å². The molecule has 1 aliphatic heterocycles. The smallest absolute Gasteiger partial charge is 0.145 e. The molecule has 1 unspecified atom stereocenters. The lowest BCUT2D eigenvalue weighted by molar-refractivity contribution is 0.186. The van der Waals surface area contributed by atoms with E-state index in [-0.39, 0.29) is 0 Å². The van der Waals surface area contributed by atoms with Crippen LogP contribution in [0.15, 0.2) is 24.3 Å². The normalized spacial score (nSPS) is 18.1. The number of nitrogens with zero attached hydrogens (tertiary/aromatic N) is 2. The van der Waals surface area contributed by atoms with Crippen molar-refractivity contribution >= 4 is 16.6 Å². The van der Waals surface area contributed by atoms with E-state index in [2.05, 4.69) is 29.1 Å². The second-order valence-electron chi connectivity index (χ2n) is 5.75. The molecule has 1 aromatic heterocycles. The minimum Gasteiger partial charge on any atom is -0.494 e. The maximum atomic E-state index is 5.48. The minimum atomic E-state index is 0.615. The lowest BCUT2D eigenvalue weighted by Crippen LogP contribution is -2.26. The van der Waals surface area contributed by atoms with Crippen LogP contribution < -0.4 is 9.64 Å². The van der Waals surface area contributed by atoms with E-state index in [0.717, 1.165) is 48.5 Å². The standard InChI is InChI=1S/C17H22N2O2/c1-12-9-15(19(2)10-13-7-8-21-11-13)14-5-4-6-16(20-3)17(14)18-12/h4-6,9,13H,7-8,10-11H2,1-3H3. The molecule has 0 aliphatic carbocycles. The molecule has 1 saturated heterocycles. The van der Waals surface area contributed by atoms with Gasteiger partial charge in [-0.05, 0) is 25.5 Å². The molecule has 2 aromatic rings. The van der Waals surface area contributed by atoms with Gasteiger partial charge in [0.1, 0.15) is 11.3 Å². The first-order chi connectivity index (χ1) is 10.2. The number of pyridine rings is 1. The Hall–Kier alpha value is -1.81. The maximum absolute atomic E-state index is 5.48. The molecule has 1 fully saturated rings. The van der Waals surface area contributed by atoms with E-state index >= 15 is 0 Å². The van der Waals surface area contributed by atoms with Crippen molar-refractivity contribution in [3.8, 4) is 5.75 Å². The van der Waals surface area contributed by atoms with Gasteiger partial charge in [-0.3, -0.25) is 0 Å². The first-order valence-corrected chi connectivity index (χ1v) is 7.42. The molecule has 0 saturated carbocycles. The average Bonchev–Trinajstić information content (AvgIpc) is 2.98. The predicted octanol–water partition coefficient (Wildman–Crippen LogP) is 3.02. The number of rotatable bonds is 4. The first kappa shape index (κ1) is 14.1. The molecule has 21 heavy (non-hydrogen) atoms. The van der Waals surface area contributed by atoms with Gasteiger partial charge in [0.25, 0.3) is 0 Å². The lowest BCUT2D eigenvalue weighted by Gasteiger charge is -2.24. The Morgan fingerprint density at radius 3 is 3.00 bits per heavy atom. The Kier molecular flexibility index (Phi) is 3.97. The Morgan fingerprint density at radius 2 is 2.29 bits per heavy atom. The molecule has 1 aromatic carbocycles. The van der Waals surface area contributed by atoms with Crippen LogP contribution in [-0.4, -0.2) is 38.9 Å². The molecule has 4 heteroatoms. The van der Waals surface area contributed by atoms with E-state index in [0.29, 0.717) is 5.92 Å². The van der Waals surface area contributed by atoms with Crippen LogP contribution in [0.1, 0.15) is 12.1 Å². The fourth-order valence-electron chi connectivity index (χ4n) is 3.02. The second-order valence-corrected chi connectivity index (χ2v) is 5.75. The van der Waals surface area contributed by atoms with Crippen molar-refractivity contribution in [1.82, 2.24) is 4.98 Å². The second kappa shape index (κ2) is 5.90. The molecule has 112 valence electrons. The van der Waals surface area contributed by atoms with Gasteiger partial charge in [0.2, 0.25) is 0 Å².